The highest BCUT2D eigenvalue weighted by molar-refractivity contribution is 7.99. The molecule has 0 aliphatic carbocycles. The van der Waals surface area contributed by atoms with Crippen molar-refractivity contribution in [3.05, 3.63) is 0 Å². The highest BCUT2D eigenvalue weighted by Gasteiger charge is 2.16. The van der Waals surface area contributed by atoms with Crippen molar-refractivity contribution in [2.45, 2.75) is 19.3 Å². The van der Waals surface area contributed by atoms with Crippen LogP contribution in [-0.4, -0.2) is 43.1 Å². The van der Waals surface area contributed by atoms with Gasteiger partial charge in [-0.1, -0.05) is 0 Å². The maximum atomic E-state index is 11.5. The Morgan fingerprint density at radius 2 is 2.12 bits per heavy atom. The van der Waals surface area contributed by atoms with Crippen LogP contribution in [0.15, 0.2) is 0 Å². The van der Waals surface area contributed by atoms with E-state index in [2.05, 4.69) is 5.32 Å². The molecule has 1 heterocycles. The summed E-state index contributed by atoms with van der Waals surface area (Å²) in [6.07, 6.45) is 3.04. The summed E-state index contributed by atoms with van der Waals surface area (Å²) in [5.41, 5.74) is 0. The van der Waals surface area contributed by atoms with Gasteiger partial charge in [-0.15, -0.1) is 11.6 Å². The molecule has 94 valence electrons. The zero-order valence-corrected chi connectivity index (χ0v) is 11.1. The van der Waals surface area contributed by atoms with Gasteiger partial charge >= 0.3 is 0 Å². The molecule has 1 aliphatic heterocycles. The lowest BCUT2D eigenvalue weighted by molar-refractivity contribution is -0.122. The Morgan fingerprint density at radius 3 is 2.81 bits per heavy atom. The van der Waals surface area contributed by atoms with Crippen molar-refractivity contribution in [2.75, 3.05) is 37.1 Å². The normalized spacial score (nSPS) is 17.3. The molecule has 0 bridgehead atoms. The van der Waals surface area contributed by atoms with Gasteiger partial charge in [0.2, 0.25) is 5.91 Å². The smallest absolute Gasteiger partial charge is 0.220 e. The van der Waals surface area contributed by atoms with Gasteiger partial charge in [0.25, 0.3) is 0 Å². The van der Waals surface area contributed by atoms with Crippen molar-refractivity contribution in [3.63, 3.8) is 0 Å². The Kier molecular flexibility index (Phi) is 8.07. The van der Waals surface area contributed by atoms with Crippen molar-refractivity contribution in [1.82, 2.24) is 5.32 Å². The SMILES string of the molecule is O=C(CC1CCSCC1)NCCOCCCl. The molecule has 0 unspecified atom stereocenters. The topological polar surface area (TPSA) is 38.3 Å². The molecule has 1 N–H and O–H groups in total. The summed E-state index contributed by atoms with van der Waals surface area (Å²) in [7, 11) is 0. The fourth-order valence-corrected chi connectivity index (χ4v) is 3.02. The van der Waals surface area contributed by atoms with Crippen LogP contribution < -0.4 is 5.32 Å². The molecule has 1 fully saturated rings. The van der Waals surface area contributed by atoms with Gasteiger partial charge in [0.05, 0.1) is 13.2 Å². The monoisotopic (exact) mass is 265 g/mol. The second kappa shape index (κ2) is 9.14. The van der Waals surface area contributed by atoms with Crippen molar-refractivity contribution in [3.8, 4) is 0 Å². The third-order valence-electron chi connectivity index (χ3n) is 2.61. The highest BCUT2D eigenvalue weighted by Crippen LogP contribution is 2.24. The van der Waals surface area contributed by atoms with E-state index < -0.39 is 0 Å². The minimum Gasteiger partial charge on any atom is -0.378 e. The zero-order valence-electron chi connectivity index (χ0n) is 9.54. The molecule has 5 heteroatoms. The second-order valence-corrected chi connectivity index (χ2v) is 5.51. The number of thioether (sulfide) groups is 1. The molecule has 0 aromatic carbocycles. The van der Waals surface area contributed by atoms with Gasteiger partial charge in [-0.3, -0.25) is 4.79 Å². The van der Waals surface area contributed by atoms with E-state index in [9.17, 15) is 4.79 Å². The molecular formula is C11H20ClNO2S. The van der Waals surface area contributed by atoms with Crippen LogP contribution in [0.1, 0.15) is 19.3 Å². The molecule has 1 rings (SSSR count). The average molecular weight is 266 g/mol. The predicted octanol–water partition coefficient (Wildman–Crippen LogP) is 1.89. The van der Waals surface area contributed by atoms with Crippen LogP contribution in [0, 0.1) is 5.92 Å². The number of carbonyl (C=O) groups excluding carboxylic acids is 1. The standard InChI is InChI=1S/C11H20ClNO2S/c12-3-5-15-6-4-13-11(14)9-10-1-7-16-8-2-10/h10H,1-9H2,(H,13,14). The molecule has 0 aromatic rings. The van der Waals surface area contributed by atoms with E-state index in [4.69, 9.17) is 16.3 Å². The Bertz CT molecular complexity index is 198. The van der Waals surface area contributed by atoms with Crippen molar-refractivity contribution >= 4 is 29.3 Å². The fourth-order valence-electron chi connectivity index (χ4n) is 1.70. The number of rotatable bonds is 7. The largest absolute Gasteiger partial charge is 0.378 e. The molecule has 0 spiro atoms. The molecule has 0 saturated carbocycles. The zero-order chi connectivity index (χ0) is 11.6. The van der Waals surface area contributed by atoms with E-state index >= 15 is 0 Å². The molecule has 3 nitrogen and oxygen atoms in total. The number of hydrogen-bond acceptors (Lipinski definition) is 3. The van der Waals surface area contributed by atoms with Crippen molar-refractivity contribution < 1.29 is 9.53 Å². The van der Waals surface area contributed by atoms with Crippen LogP contribution in [0.5, 0.6) is 0 Å². The van der Waals surface area contributed by atoms with Gasteiger partial charge in [0, 0.05) is 18.8 Å². The first kappa shape index (κ1) is 14.1. The Morgan fingerprint density at radius 1 is 1.38 bits per heavy atom. The van der Waals surface area contributed by atoms with Crippen LogP contribution in [0.25, 0.3) is 0 Å². The van der Waals surface area contributed by atoms with Gasteiger partial charge < -0.3 is 10.1 Å². The second-order valence-electron chi connectivity index (χ2n) is 3.91. The lowest BCUT2D eigenvalue weighted by atomic mass is 9.98. The van der Waals surface area contributed by atoms with Gasteiger partial charge in [-0.05, 0) is 30.3 Å². The number of ether oxygens (including phenoxy) is 1. The van der Waals surface area contributed by atoms with Crippen LogP contribution >= 0.6 is 23.4 Å². The molecule has 0 aromatic heterocycles. The van der Waals surface area contributed by atoms with E-state index in [1.165, 1.54) is 24.3 Å². The molecular weight excluding hydrogens is 246 g/mol. The van der Waals surface area contributed by atoms with Crippen LogP contribution in [0.3, 0.4) is 0 Å². The molecule has 1 saturated heterocycles. The first-order valence-corrected chi connectivity index (χ1v) is 7.50. The molecule has 0 atom stereocenters. The van der Waals surface area contributed by atoms with E-state index in [1.807, 2.05) is 11.8 Å². The minimum atomic E-state index is 0.159. The summed E-state index contributed by atoms with van der Waals surface area (Å²) in [6.45, 7) is 1.70. The fraction of sp³-hybridized carbons (Fsp3) is 0.909. The first-order valence-electron chi connectivity index (χ1n) is 5.81. The van der Waals surface area contributed by atoms with Crippen molar-refractivity contribution in [1.29, 1.82) is 0 Å². The number of halogens is 1. The summed E-state index contributed by atoms with van der Waals surface area (Å²) in [5.74, 6) is 3.66. The number of alkyl halides is 1. The summed E-state index contributed by atoms with van der Waals surface area (Å²) < 4.78 is 5.17. The van der Waals surface area contributed by atoms with Gasteiger partial charge in [-0.2, -0.15) is 11.8 Å². The van der Waals surface area contributed by atoms with E-state index in [0.29, 0.717) is 38.0 Å². The average Bonchev–Trinajstić information content (AvgIpc) is 2.30. The van der Waals surface area contributed by atoms with Crippen LogP contribution in [-0.2, 0) is 9.53 Å². The van der Waals surface area contributed by atoms with Gasteiger partial charge in [-0.25, -0.2) is 0 Å². The van der Waals surface area contributed by atoms with E-state index in [1.54, 1.807) is 0 Å². The first-order chi connectivity index (χ1) is 7.83. The minimum absolute atomic E-state index is 0.159. The maximum Gasteiger partial charge on any atom is 0.220 e. The quantitative estimate of drug-likeness (QED) is 0.564. The Balaban J connectivity index is 1.97. The van der Waals surface area contributed by atoms with Crippen LogP contribution in [0.4, 0.5) is 0 Å². The Labute approximate surface area is 107 Å². The van der Waals surface area contributed by atoms with E-state index in [-0.39, 0.29) is 5.91 Å². The summed E-state index contributed by atoms with van der Waals surface area (Å²) in [5, 5.41) is 2.88. The van der Waals surface area contributed by atoms with Gasteiger partial charge in [0.15, 0.2) is 0 Å². The third-order valence-corrected chi connectivity index (χ3v) is 3.81. The Hall–Kier alpha value is 0.0700. The number of nitrogens with one attached hydrogen (secondary N) is 1. The predicted molar refractivity (Wildman–Crippen MR) is 69.2 cm³/mol. The van der Waals surface area contributed by atoms with E-state index in [0.717, 1.165) is 0 Å². The molecule has 16 heavy (non-hydrogen) atoms. The lowest BCUT2D eigenvalue weighted by Crippen LogP contribution is -2.29. The number of carbonyl (C=O) groups is 1. The summed E-state index contributed by atoms with van der Waals surface area (Å²) in [6, 6.07) is 0. The third kappa shape index (κ3) is 6.61. The van der Waals surface area contributed by atoms with Crippen LogP contribution in [0.2, 0.25) is 0 Å². The van der Waals surface area contributed by atoms with Crippen molar-refractivity contribution in [2.24, 2.45) is 5.92 Å². The lowest BCUT2D eigenvalue weighted by Gasteiger charge is -2.20. The maximum absolute atomic E-state index is 11.5. The molecule has 0 radical (unpaired) electrons. The molecule has 1 aliphatic rings. The van der Waals surface area contributed by atoms with Gasteiger partial charge in [0.1, 0.15) is 0 Å². The summed E-state index contributed by atoms with van der Waals surface area (Å²) in [4.78, 5) is 11.5. The number of hydrogen-bond donors (Lipinski definition) is 1. The molecule has 1 amide bonds. The summed E-state index contributed by atoms with van der Waals surface area (Å²) >= 11 is 7.45. The highest BCUT2D eigenvalue weighted by atomic mass is 35.5. The number of amides is 1.